The summed E-state index contributed by atoms with van der Waals surface area (Å²) in [5.74, 6) is -5.17. The summed E-state index contributed by atoms with van der Waals surface area (Å²) in [7, 11) is 0. The average molecular weight is 741 g/mol. The summed E-state index contributed by atoms with van der Waals surface area (Å²) in [5.41, 5.74) is -2.40. The molecule has 5 aliphatic rings. The lowest BCUT2D eigenvalue weighted by atomic mass is 9.74. The summed E-state index contributed by atoms with van der Waals surface area (Å²) in [6.45, 7) is 3.83. The van der Waals surface area contributed by atoms with E-state index in [2.05, 4.69) is 6.58 Å². The molecule has 4 fully saturated rings. The SMILES string of the molecule is C=C(C)N1C2C(O[C@@](O[C@H]3C(O)C(CO)O[C@@H](O[C@H]4C(O[C@H]5O[C@@H](C)C(O)C(O)C5O)C=COC4CO)C3O)(C(=O)[O-])C[C@@H]2O)[C@]1(O)[C@H](O)CO. The van der Waals surface area contributed by atoms with E-state index >= 15 is 0 Å². The van der Waals surface area contributed by atoms with Gasteiger partial charge in [0.25, 0.3) is 0 Å². The molecule has 11 N–H and O–H groups in total. The highest BCUT2D eigenvalue weighted by Gasteiger charge is 2.71. The Morgan fingerprint density at radius 2 is 1.61 bits per heavy atom. The van der Waals surface area contributed by atoms with E-state index in [0.29, 0.717) is 0 Å². The molecule has 0 spiro atoms. The molecule has 10 unspecified atom stereocenters. The number of hydrogen-bond donors (Lipinski definition) is 11. The van der Waals surface area contributed by atoms with Gasteiger partial charge in [-0.15, -0.1) is 0 Å². The van der Waals surface area contributed by atoms with Crippen LogP contribution in [0.1, 0.15) is 20.3 Å². The lowest BCUT2D eigenvalue weighted by molar-refractivity contribution is -0.448. The van der Waals surface area contributed by atoms with Gasteiger partial charge >= 0.3 is 0 Å². The van der Waals surface area contributed by atoms with Gasteiger partial charge in [-0.2, -0.15) is 0 Å². The fraction of sp³-hybridized carbons (Fsp3) is 0.833. The fourth-order valence-electron chi connectivity index (χ4n) is 7.18. The fourth-order valence-corrected chi connectivity index (χ4v) is 7.18. The minimum atomic E-state index is -3.04. The number of allylic oxidation sites excluding steroid dienone is 1. The Hall–Kier alpha value is -2.13. The van der Waals surface area contributed by atoms with Gasteiger partial charge in [-0.25, -0.2) is 0 Å². The summed E-state index contributed by atoms with van der Waals surface area (Å²) in [6.07, 6.45) is -25.1. The highest BCUT2D eigenvalue weighted by Crippen LogP contribution is 2.51. The Kier molecular flexibility index (Phi) is 12.0. The van der Waals surface area contributed by atoms with Crippen LogP contribution in [0.4, 0.5) is 0 Å². The smallest absolute Gasteiger partial charge is 0.213 e. The molecule has 21 nitrogen and oxygen atoms in total. The molecular formula is C30H46NO20-. The van der Waals surface area contributed by atoms with E-state index in [1.807, 2.05) is 0 Å². The number of aliphatic hydroxyl groups excluding tert-OH is 10. The van der Waals surface area contributed by atoms with Crippen molar-refractivity contribution in [2.75, 3.05) is 19.8 Å². The molecule has 4 saturated heterocycles. The topological polar surface area (TPSA) is 331 Å². The number of carbonyl (C=O) groups is 1. The molecule has 21 heteroatoms. The Bertz CT molecular complexity index is 1280. The molecule has 51 heavy (non-hydrogen) atoms. The number of carboxylic acid groups (broad SMARTS) is 1. The number of nitrogens with zero attached hydrogens (tertiary/aromatic N) is 1. The highest BCUT2D eigenvalue weighted by atomic mass is 16.8. The first-order valence-electron chi connectivity index (χ1n) is 16.2. The maximum Gasteiger partial charge on any atom is 0.213 e. The zero-order valence-corrected chi connectivity index (χ0v) is 27.5. The van der Waals surface area contributed by atoms with Crippen molar-refractivity contribution in [2.45, 2.75) is 136 Å². The Morgan fingerprint density at radius 3 is 2.20 bits per heavy atom. The summed E-state index contributed by atoms with van der Waals surface area (Å²) in [4.78, 5) is 13.7. The zero-order chi connectivity index (χ0) is 37.7. The van der Waals surface area contributed by atoms with E-state index in [1.165, 1.54) is 19.9 Å². The van der Waals surface area contributed by atoms with Crippen LogP contribution in [-0.4, -0.2) is 202 Å². The molecule has 0 aliphatic carbocycles. The maximum absolute atomic E-state index is 12.7. The molecular weight excluding hydrogens is 694 g/mol. The van der Waals surface area contributed by atoms with Crippen LogP contribution in [0.3, 0.4) is 0 Å². The minimum Gasteiger partial charge on any atom is -0.544 e. The maximum atomic E-state index is 12.7. The molecule has 5 aliphatic heterocycles. The molecule has 0 aromatic rings. The lowest BCUT2D eigenvalue weighted by Crippen LogP contribution is -2.87. The van der Waals surface area contributed by atoms with Gasteiger partial charge < -0.3 is 104 Å². The number of fused-ring (bicyclic) bond motifs is 1. The van der Waals surface area contributed by atoms with Gasteiger partial charge in [0.1, 0.15) is 79.2 Å². The van der Waals surface area contributed by atoms with Crippen LogP contribution in [0.5, 0.6) is 0 Å². The Balaban J connectivity index is 1.40. The number of aliphatic carboxylic acids is 1. The van der Waals surface area contributed by atoms with Crippen LogP contribution in [0.2, 0.25) is 0 Å². The number of ether oxygens (including phenoxy) is 7. The number of hydrogen-bond acceptors (Lipinski definition) is 21. The summed E-state index contributed by atoms with van der Waals surface area (Å²) >= 11 is 0. The van der Waals surface area contributed by atoms with Crippen LogP contribution in [0.25, 0.3) is 0 Å². The lowest BCUT2D eigenvalue weighted by Gasteiger charge is -2.67. The van der Waals surface area contributed by atoms with Gasteiger partial charge in [0.15, 0.2) is 18.3 Å². The van der Waals surface area contributed by atoms with Gasteiger partial charge in [0.05, 0.1) is 44.3 Å². The van der Waals surface area contributed by atoms with Gasteiger partial charge in [0.2, 0.25) is 5.79 Å². The van der Waals surface area contributed by atoms with Crippen LogP contribution in [-0.2, 0) is 38.0 Å². The Labute approximate surface area is 290 Å². The summed E-state index contributed by atoms with van der Waals surface area (Å²) in [5, 5.41) is 129. The number of rotatable bonds is 12. The van der Waals surface area contributed by atoms with Crippen molar-refractivity contribution in [1.29, 1.82) is 0 Å². The molecule has 0 aromatic carbocycles. The molecule has 0 saturated carbocycles. The highest BCUT2D eigenvalue weighted by molar-refractivity contribution is 5.74. The van der Waals surface area contributed by atoms with Crippen LogP contribution in [0.15, 0.2) is 24.6 Å². The van der Waals surface area contributed by atoms with Crippen molar-refractivity contribution in [3.8, 4) is 0 Å². The molecule has 5 heterocycles. The molecule has 5 rings (SSSR count). The number of aliphatic hydroxyl groups is 11. The number of carbonyl (C=O) groups excluding carboxylic acids is 1. The second-order valence-electron chi connectivity index (χ2n) is 13.3. The monoisotopic (exact) mass is 740 g/mol. The summed E-state index contributed by atoms with van der Waals surface area (Å²) in [6, 6.07) is -1.19. The van der Waals surface area contributed by atoms with Crippen LogP contribution in [0, 0.1) is 0 Å². The quantitative estimate of drug-likeness (QED) is 0.0885. The molecule has 0 radical (unpaired) electrons. The minimum absolute atomic E-state index is 0.120. The van der Waals surface area contributed by atoms with Crippen LogP contribution < -0.4 is 5.11 Å². The molecule has 19 atom stereocenters. The third-order valence-electron chi connectivity index (χ3n) is 9.92. The second-order valence-corrected chi connectivity index (χ2v) is 13.3. The predicted octanol–water partition coefficient (Wildman–Crippen LogP) is -7.83. The first-order chi connectivity index (χ1) is 24.0. The number of carboxylic acids is 1. The zero-order valence-electron chi connectivity index (χ0n) is 27.5. The molecule has 0 amide bonds. The normalized spacial score (nSPS) is 49.0. The van der Waals surface area contributed by atoms with E-state index in [9.17, 15) is 66.1 Å². The standard InChI is InChI=1S/C30H47NO20/c1-10(2)31-17-12(35)6-29(28(42)43,51-25(17)30(31,44)16(36)9-34)50-24-19(38)14(7-32)48-27(22(24)41)49-23-13(4-5-45-15(23)8-33)47-26-21(40)20(39)18(37)11(3)46-26/h4-5,11-27,32-41,44H,1,6-9H2,2-3H3,(H,42,43)/p-1/t11-,12-,13?,14?,15?,16+,17?,18?,19?,20?,21?,22?,23-,24-,25?,26+,27-,29+,30+/m0/s1. The van der Waals surface area contributed by atoms with E-state index in [4.69, 9.17) is 33.2 Å². The van der Waals surface area contributed by atoms with Gasteiger partial charge in [-0.1, -0.05) is 6.58 Å². The van der Waals surface area contributed by atoms with Crippen molar-refractivity contribution in [2.24, 2.45) is 0 Å². The van der Waals surface area contributed by atoms with Gasteiger partial charge in [0, 0.05) is 12.1 Å². The number of likely N-dealkylation sites (tertiary alicyclic amines) is 1. The van der Waals surface area contributed by atoms with E-state index in [0.717, 1.165) is 11.2 Å². The first-order valence-corrected chi connectivity index (χ1v) is 16.2. The van der Waals surface area contributed by atoms with Crippen molar-refractivity contribution in [3.05, 3.63) is 24.6 Å². The van der Waals surface area contributed by atoms with Crippen molar-refractivity contribution in [1.82, 2.24) is 4.90 Å². The summed E-state index contributed by atoms with van der Waals surface area (Å²) < 4.78 is 39.6. The van der Waals surface area contributed by atoms with Gasteiger partial charge in [-0.3, -0.25) is 0 Å². The molecule has 0 bridgehead atoms. The van der Waals surface area contributed by atoms with E-state index < -0.39 is 148 Å². The van der Waals surface area contributed by atoms with Gasteiger partial charge in [-0.05, 0) is 19.9 Å². The second kappa shape index (κ2) is 15.3. The van der Waals surface area contributed by atoms with Crippen molar-refractivity contribution < 1.29 is 99.2 Å². The molecule has 0 aromatic heterocycles. The van der Waals surface area contributed by atoms with Crippen molar-refractivity contribution >= 4 is 5.97 Å². The first kappa shape index (κ1) is 40.1. The molecule has 292 valence electrons. The van der Waals surface area contributed by atoms with E-state index in [1.54, 1.807) is 0 Å². The van der Waals surface area contributed by atoms with E-state index in [-0.39, 0.29) is 5.70 Å². The van der Waals surface area contributed by atoms with Crippen molar-refractivity contribution in [3.63, 3.8) is 0 Å². The largest absolute Gasteiger partial charge is 0.544 e. The average Bonchev–Trinajstić information content (AvgIpc) is 3.09. The third-order valence-corrected chi connectivity index (χ3v) is 9.92. The predicted molar refractivity (Wildman–Crippen MR) is 158 cm³/mol. The Morgan fingerprint density at radius 1 is 0.961 bits per heavy atom. The third kappa shape index (κ3) is 6.89. The van der Waals surface area contributed by atoms with Crippen LogP contribution >= 0.6 is 0 Å².